The summed E-state index contributed by atoms with van der Waals surface area (Å²) in [5.41, 5.74) is 0.504. The molecule has 0 aromatic heterocycles. The van der Waals surface area contributed by atoms with Gasteiger partial charge in [0.05, 0.1) is 5.54 Å². The minimum Gasteiger partial charge on any atom is -0.486 e. The third-order valence-corrected chi connectivity index (χ3v) is 3.51. The summed E-state index contributed by atoms with van der Waals surface area (Å²) in [6.45, 7) is 7.86. The van der Waals surface area contributed by atoms with E-state index in [4.69, 9.17) is 9.47 Å². The van der Waals surface area contributed by atoms with Crippen molar-refractivity contribution in [3.8, 4) is 11.5 Å². The fourth-order valence-corrected chi connectivity index (χ4v) is 2.21. The molecule has 0 saturated heterocycles. The molecule has 116 valence electrons. The Labute approximate surface area is 126 Å². The molecule has 1 aromatic carbocycles. The number of amides is 2. The summed E-state index contributed by atoms with van der Waals surface area (Å²) in [4.78, 5) is 11.9. The summed E-state index contributed by atoms with van der Waals surface area (Å²) in [7, 11) is 0. The largest absolute Gasteiger partial charge is 0.486 e. The van der Waals surface area contributed by atoms with Crippen LogP contribution in [-0.4, -0.2) is 25.8 Å². The third kappa shape index (κ3) is 4.03. The number of benzene rings is 1. The van der Waals surface area contributed by atoms with Gasteiger partial charge in [-0.3, -0.25) is 0 Å². The zero-order valence-electron chi connectivity index (χ0n) is 13.0. The summed E-state index contributed by atoms with van der Waals surface area (Å²) in [6.07, 6.45) is 2.05. The van der Waals surface area contributed by atoms with Crippen LogP contribution in [0.4, 0.5) is 4.79 Å². The first-order valence-corrected chi connectivity index (χ1v) is 7.49. The topological polar surface area (TPSA) is 59.6 Å². The second kappa shape index (κ2) is 6.70. The van der Waals surface area contributed by atoms with Gasteiger partial charge in [0.25, 0.3) is 0 Å². The molecule has 0 bridgehead atoms. The molecule has 0 spiro atoms. The summed E-state index contributed by atoms with van der Waals surface area (Å²) < 4.78 is 11.1. The van der Waals surface area contributed by atoms with E-state index in [9.17, 15) is 4.79 Å². The maximum Gasteiger partial charge on any atom is 0.315 e. The van der Waals surface area contributed by atoms with Crippen molar-refractivity contribution >= 4 is 6.03 Å². The molecule has 0 saturated carbocycles. The summed E-state index contributed by atoms with van der Waals surface area (Å²) in [6, 6.07) is 5.63. The minimum absolute atomic E-state index is 0.150. The summed E-state index contributed by atoms with van der Waals surface area (Å²) in [5, 5.41) is 5.86. The normalized spacial score (nSPS) is 13.7. The first kappa shape index (κ1) is 15.5. The third-order valence-electron chi connectivity index (χ3n) is 3.51. The number of hydrogen-bond donors (Lipinski definition) is 2. The van der Waals surface area contributed by atoms with Gasteiger partial charge in [-0.2, -0.15) is 0 Å². The number of nitrogens with one attached hydrogen (secondary N) is 2. The lowest BCUT2D eigenvalue weighted by Crippen LogP contribution is -2.46. The minimum atomic E-state index is -0.480. The molecule has 2 amide bonds. The first-order chi connectivity index (χ1) is 10.0. The van der Waals surface area contributed by atoms with Crippen LogP contribution >= 0.6 is 0 Å². The monoisotopic (exact) mass is 292 g/mol. The van der Waals surface area contributed by atoms with Crippen molar-refractivity contribution in [3.05, 3.63) is 23.8 Å². The van der Waals surface area contributed by atoms with Gasteiger partial charge in [0.1, 0.15) is 13.2 Å². The Morgan fingerprint density at radius 1 is 1.24 bits per heavy atom. The van der Waals surface area contributed by atoms with Crippen LogP contribution in [0.3, 0.4) is 0 Å². The Hall–Kier alpha value is -1.91. The lowest BCUT2D eigenvalue weighted by Gasteiger charge is -2.28. The molecule has 0 fully saturated rings. The van der Waals surface area contributed by atoms with Crippen LogP contribution in [0.25, 0.3) is 0 Å². The van der Waals surface area contributed by atoms with E-state index < -0.39 is 5.54 Å². The lowest BCUT2D eigenvalue weighted by molar-refractivity contribution is 0.171. The van der Waals surface area contributed by atoms with E-state index in [1.54, 1.807) is 0 Å². The van der Waals surface area contributed by atoms with Crippen LogP contribution in [0.1, 0.15) is 39.2 Å². The number of carbonyl (C=O) groups is 1. The van der Waals surface area contributed by atoms with Gasteiger partial charge in [-0.25, -0.2) is 4.79 Å². The number of urea groups is 1. The van der Waals surface area contributed by atoms with Gasteiger partial charge in [0.2, 0.25) is 0 Å². The fraction of sp³-hybridized carbons (Fsp3) is 0.562. The van der Waals surface area contributed by atoms with Gasteiger partial charge in [-0.15, -0.1) is 0 Å². The van der Waals surface area contributed by atoms with E-state index in [-0.39, 0.29) is 6.03 Å². The van der Waals surface area contributed by atoms with Crippen molar-refractivity contribution in [2.24, 2.45) is 0 Å². The molecule has 0 aliphatic carbocycles. The molecule has 0 atom stereocenters. The molecule has 2 rings (SSSR count). The van der Waals surface area contributed by atoms with Gasteiger partial charge >= 0.3 is 6.03 Å². The highest BCUT2D eigenvalue weighted by atomic mass is 16.6. The average molecular weight is 292 g/mol. The zero-order chi connectivity index (χ0) is 15.3. The molecule has 0 unspecified atom stereocenters. The standard InChI is InChI=1S/C16H24N2O3/c1-4-5-8-17-15(19)18-16(2,3)12-6-7-13-14(11-12)21-10-9-20-13/h6-7,11H,4-5,8-10H2,1-3H3,(H2,17,18,19). The molecule has 1 aromatic rings. The second-order valence-electron chi connectivity index (χ2n) is 5.72. The van der Waals surface area contributed by atoms with Crippen molar-refractivity contribution in [1.82, 2.24) is 10.6 Å². The molecule has 1 heterocycles. The van der Waals surface area contributed by atoms with Crippen LogP contribution in [0, 0.1) is 0 Å². The zero-order valence-corrected chi connectivity index (χ0v) is 13.0. The van der Waals surface area contributed by atoms with Crippen molar-refractivity contribution in [1.29, 1.82) is 0 Å². The van der Waals surface area contributed by atoms with E-state index in [0.717, 1.165) is 29.9 Å². The predicted molar refractivity (Wildman–Crippen MR) is 81.9 cm³/mol. The molecular formula is C16H24N2O3. The van der Waals surface area contributed by atoms with Crippen molar-refractivity contribution < 1.29 is 14.3 Å². The molecule has 5 nitrogen and oxygen atoms in total. The number of rotatable bonds is 5. The van der Waals surface area contributed by atoms with Gasteiger partial charge in [0, 0.05) is 6.54 Å². The van der Waals surface area contributed by atoms with Crippen molar-refractivity contribution in [3.63, 3.8) is 0 Å². The van der Waals surface area contributed by atoms with Gasteiger partial charge in [-0.05, 0) is 38.0 Å². The van der Waals surface area contributed by atoms with E-state index >= 15 is 0 Å². The van der Waals surface area contributed by atoms with Crippen molar-refractivity contribution in [2.45, 2.75) is 39.2 Å². The highest BCUT2D eigenvalue weighted by Gasteiger charge is 2.25. The smallest absolute Gasteiger partial charge is 0.315 e. The maximum absolute atomic E-state index is 11.9. The first-order valence-electron chi connectivity index (χ1n) is 7.49. The number of carbonyl (C=O) groups excluding carboxylic acids is 1. The Morgan fingerprint density at radius 2 is 1.95 bits per heavy atom. The van der Waals surface area contributed by atoms with E-state index in [1.165, 1.54) is 0 Å². The van der Waals surface area contributed by atoms with Gasteiger partial charge < -0.3 is 20.1 Å². The van der Waals surface area contributed by atoms with Crippen LogP contribution in [0.2, 0.25) is 0 Å². The van der Waals surface area contributed by atoms with E-state index in [1.807, 2.05) is 32.0 Å². The Bertz CT molecular complexity index is 500. The van der Waals surface area contributed by atoms with Gasteiger partial charge in [0.15, 0.2) is 11.5 Å². The number of ether oxygens (including phenoxy) is 2. The summed E-state index contributed by atoms with van der Waals surface area (Å²) in [5.74, 6) is 1.49. The highest BCUT2D eigenvalue weighted by Crippen LogP contribution is 2.34. The molecule has 21 heavy (non-hydrogen) atoms. The summed E-state index contributed by atoms with van der Waals surface area (Å²) >= 11 is 0. The van der Waals surface area contributed by atoms with Crippen molar-refractivity contribution in [2.75, 3.05) is 19.8 Å². The average Bonchev–Trinajstić information content (AvgIpc) is 2.46. The molecule has 1 aliphatic heterocycles. The lowest BCUT2D eigenvalue weighted by atomic mass is 9.94. The number of fused-ring (bicyclic) bond motifs is 1. The highest BCUT2D eigenvalue weighted by molar-refractivity contribution is 5.75. The molecular weight excluding hydrogens is 268 g/mol. The SMILES string of the molecule is CCCCNC(=O)NC(C)(C)c1ccc2c(c1)OCCO2. The van der Waals surface area contributed by atoms with E-state index in [2.05, 4.69) is 17.6 Å². The molecule has 5 heteroatoms. The molecule has 2 N–H and O–H groups in total. The van der Waals surface area contributed by atoms with Crippen LogP contribution in [0.5, 0.6) is 11.5 Å². The number of unbranched alkanes of at least 4 members (excludes halogenated alkanes) is 1. The molecule has 0 radical (unpaired) electrons. The van der Waals surface area contributed by atoms with Crippen LogP contribution in [0.15, 0.2) is 18.2 Å². The molecule has 1 aliphatic rings. The maximum atomic E-state index is 11.9. The number of hydrogen-bond acceptors (Lipinski definition) is 3. The van der Waals surface area contributed by atoms with Gasteiger partial charge in [-0.1, -0.05) is 19.4 Å². The van der Waals surface area contributed by atoms with Crippen LogP contribution < -0.4 is 20.1 Å². The Balaban J connectivity index is 2.03. The quantitative estimate of drug-likeness (QED) is 0.820. The van der Waals surface area contributed by atoms with Crippen LogP contribution in [-0.2, 0) is 5.54 Å². The second-order valence-corrected chi connectivity index (χ2v) is 5.72. The Morgan fingerprint density at radius 3 is 2.67 bits per heavy atom. The predicted octanol–water partition coefficient (Wildman–Crippen LogP) is 2.79. The Kier molecular flexibility index (Phi) is 4.94. The van der Waals surface area contributed by atoms with E-state index in [0.29, 0.717) is 19.8 Å². The fourth-order valence-electron chi connectivity index (χ4n) is 2.21.